The van der Waals surface area contributed by atoms with E-state index in [-0.39, 0.29) is 0 Å². The van der Waals surface area contributed by atoms with Gasteiger partial charge in [-0.1, -0.05) is 77.7 Å². The van der Waals surface area contributed by atoms with Gasteiger partial charge in [-0.05, 0) is 49.4 Å². The number of pyridine rings is 1. The molecule has 5 aromatic rings. The summed E-state index contributed by atoms with van der Waals surface area (Å²) in [6.45, 7) is 3.04. The molecule has 1 aliphatic heterocycles. The van der Waals surface area contributed by atoms with Crippen molar-refractivity contribution in [1.29, 1.82) is 0 Å². The second-order valence-electron chi connectivity index (χ2n) is 9.25. The molecular weight excluding hydrogens is 498 g/mol. The number of rotatable bonds is 6. The van der Waals surface area contributed by atoms with Gasteiger partial charge < -0.3 is 5.73 Å². The Morgan fingerprint density at radius 1 is 0.973 bits per heavy atom. The van der Waals surface area contributed by atoms with Crippen LogP contribution >= 0.6 is 23.1 Å². The Morgan fingerprint density at radius 3 is 2.46 bits per heavy atom. The molecule has 0 aliphatic carbocycles. The molecule has 2 aromatic carbocycles. The standard InChI is InChI=1S/C28H27N7S2/c1-36-28-30-16-22-15-23(19-5-3-2-4-6-19)24(31-25(22)32-28)20-9-7-18(8-10-20)17-35-13-11-21(12-14-35)26-33-34-27(29)37-26/h2-10,15-16,21H,11-14,17H2,1H3,(H2,29,34). The highest BCUT2D eigenvalue weighted by atomic mass is 32.2. The molecule has 4 heterocycles. The summed E-state index contributed by atoms with van der Waals surface area (Å²) in [5.74, 6) is 0.472. The van der Waals surface area contributed by atoms with Crippen molar-refractivity contribution in [2.24, 2.45) is 0 Å². The lowest BCUT2D eigenvalue weighted by Gasteiger charge is -2.30. The molecule has 7 nitrogen and oxygen atoms in total. The average molecular weight is 526 g/mol. The number of anilines is 1. The zero-order valence-electron chi connectivity index (χ0n) is 20.5. The second-order valence-corrected chi connectivity index (χ2v) is 11.1. The molecule has 0 spiro atoms. The molecule has 0 bridgehead atoms. The Bertz CT molecular complexity index is 1510. The molecule has 0 unspecified atom stereocenters. The number of benzene rings is 2. The molecule has 2 N–H and O–H groups in total. The van der Waals surface area contributed by atoms with Crippen molar-refractivity contribution in [2.75, 3.05) is 25.1 Å². The third-order valence-electron chi connectivity index (χ3n) is 6.84. The van der Waals surface area contributed by atoms with Crippen LogP contribution in [0.25, 0.3) is 33.4 Å². The monoisotopic (exact) mass is 525 g/mol. The van der Waals surface area contributed by atoms with Crippen molar-refractivity contribution < 1.29 is 0 Å². The summed E-state index contributed by atoms with van der Waals surface area (Å²) >= 11 is 3.05. The lowest BCUT2D eigenvalue weighted by molar-refractivity contribution is 0.204. The number of nitrogens with zero attached hydrogens (tertiary/aromatic N) is 6. The van der Waals surface area contributed by atoms with Crippen LogP contribution in [0.2, 0.25) is 0 Å². The van der Waals surface area contributed by atoms with Crippen molar-refractivity contribution in [1.82, 2.24) is 30.0 Å². The summed E-state index contributed by atoms with van der Waals surface area (Å²) in [6, 6.07) is 21.4. The fraction of sp³-hybridized carbons (Fsp3) is 0.250. The van der Waals surface area contributed by atoms with Gasteiger partial charge in [0.05, 0.1) is 5.69 Å². The smallest absolute Gasteiger partial charge is 0.203 e. The molecule has 3 aromatic heterocycles. The van der Waals surface area contributed by atoms with Gasteiger partial charge in [-0.15, -0.1) is 10.2 Å². The Kier molecular flexibility index (Phi) is 6.82. The quantitative estimate of drug-likeness (QED) is 0.217. The molecule has 37 heavy (non-hydrogen) atoms. The largest absolute Gasteiger partial charge is 0.374 e. The third kappa shape index (κ3) is 5.20. The number of nitrogen functional groups attached to an aromatic ring is 1. The van der Waals surface area contributed by atoms with Crippen LogP contribution in [0.5, 0.6) is 0 Å². The summed E-state index contributed by atoms with van der Waals surface area (Å²) in [7, 11) is 0. The van der Waals surface area contributed by atoms with Gasteiger partial charge in [0, 0.05) is 35.2 Å². The summed E-state index contributed by atoms with van der Waals surface area (Å²) in [4.78, 5) is 16.6. The number of piperidine rings is 1. The molecular formula is C28H27N7S2. The topological polar surface area (TPSA) is 93.7 Å². The molecule has 1 aliphatic rings. The van der Waals surface area contributed by atoms with Gasteiger partial charge in [-0.3, -0.25) is 4.90 Å². The minimum atomic E-state index is 0.472. The number of nitrogens with two attached hydrogens (primary N) is 1. The van der Waals surface area contributed by atoms with Gasteiger partial charge in [-0.25, -0.2) is 15.0 Å². The maximum atomic E-state index is 5.77. The zero-order chi connectivity index (χ0) is 25.2. The average Bonchev–Trinajstić information content (AvgIpc) is 3.39. The number of fused-ring (bicyclic) bond motifs is 1. The number of hydrogen-bond donors (Lipinski definition) is 1. The van der Waals surface area contributed by atoms with Crippen LogP contribution < -0.4 is 5.73 Å². The first kappa shape index (κ1) is 24.0. The Balaban J connectivity index is 1.24. The number of aromatic nitrogens is 5. The van der Waals surface area contributed by atoms with Crippen LogP contribution in [0.15, 0.2) is 72.0 Å². The van der Waals surface area contributed by atoms with Crippen LogP contribution in [0, 0.1) is 0 Å². The minimum absolute atomic E-state index is 0.472. The SMILES string of the molecule is CSc1ncc2cc(-c3ccccc3)c(-c3ccc(CN4CCC(c5nnc(N)s5)CC4)cc3)nc2n1. The van der Waals surface area contributed by atoms with E-state index in [0.717, 1.165) is 76.1 Å². The summed E-state index contributed by atoms with van der Waals surface area (Å²) in [5, 5.41) is 11.5. The first-order chi connectivity index (χ1) is 18.2. The molecule has 1 saturated heterocycles. The normalized spacial score (nSPS) is 14.8. The van der Waals surface area contributed by atoms with E-state index in [9.17, 15) is 0 Å². The van der Waals surface area contributed by atoms with Crippen molar-refractivity contribution >= 4 is 39.3 Å². The molecule has 186 valence electrons. The van der Waals surface area contributed by atoms with E-state index < -0.39 is 0 Å². The van der Waals surface area contributed by atoms with Crippen LogP contribution in [-0.4, -0.2) is 49.4 Å². The Labute approximate surface area is 224 Å². The predicted molar refractivity (Wildman–Crippen MR) is 152 cm³/mol. The van der Waals surface area contributed by atoms with E-state index in [1.165, 1.54) is 28.7 Å². The lowest BCUT2D eigenvalue weighted by atomic mass is 9.96. The van der Waals surface area contributed by atoms with Gasteiger partial charge >= 0.3 is 0 Å². The van der Waals surface area contributed by atoms with Crippen molar-refractivity contribution in [3.05, 3.63) is 77.4 Å². The number of hydrogen-bond acceptors (Lipinski definition) is 9. The predicted octanol–water partition coefficient (Wildman–Crippen LogP) is 5.89. The molecule has 9 heteroatoms. The molecule has 0 amide bonds. The number of likely N-dealkylation sites (tertiary alicyclic amines) is 1. The third-order valence-corrected chi connectivity index (χ3v) is 8.32. The Hall–Kier alpha value is -3.40. The van der Waals surface area contributed by atoms with Crippen LogP contribution in [0.4, 0.5) is 5.13 Å². The summed E-state index contributed by atoms with van der Waals surface area (Å²) in [6.07, 6.45) is 6.03. The Morgan fingerprint density at radius 2 is 1.76 bits per heavy atom. The van der Waals surface area contributed by atoms with E-state index in [1.54, 1.807) is 0 Å². The van der Waals surface area contributed by atoms with Crippen LogP contribution in [-0.2, 0) is 6.54 Å². The highest BCUT2D eigenvalue weighted by Crippen LogP contribution is 2.34. The zero-order valence-corrected chi connectivity index (χ0v) is 22.2. The number of thioether (sulfide) groups is 1. The van der Waals surface area contributed by atoms with Gasteiger partial charge in [-0.2, -0.15) is 0 Å². The summed E-state index contributed by atoms with van der Waals surface area (Å²) in [5.41, 5.74) is 12.0. The van der Waals surface area contributed by atoms with E-state index in [1.807, 2.05) is 18.5 Å². The van der Waals surface area contributed by atoms with Crippen molar-refractivity contribution in [2.45, 2.75) is 30.5 Å². The molecule has 0 radical (unpaired) electrons. The maximum Gasteiger partial charge on any atom is 0.203 e. The molecule has 6 rings (SSSR count). The van der Waals surface area contributed by atoms with Crippen molar-refractivity contribution in [3.8, 4) is 22.4 Å². The van der Waals surface area contributed by atoms with Gasteiger partial charge in [0.2, 0.25) is 5.13 Å². The van der Waals surface area contributed by atoms with Crippen LogP contribution in [0.3, 0.4) is 0 Å². The van der Waals surface area contributed by atoms with E-state index >= 15 is 0 Å². The molecule has 0 atom stereocenters. The minimum Gasteiger partial charge on any atom is -0.374 e. The van der Waals surface area contributed by atoms with Gasteiger partial charge in [0.1, 0.15) is 5.01 Å². The van der Waals surface area contributed by atoms with Gasteiger partial charge in [0.15, 0.2) is 10.8 Å². The highest BCUT2D eigenvalue weighted by molar-refractivity contribution is 7.98. The fourth-order valence-electron chi connectivity index (χ4n) is 4.88. The fourth-order valence-corrected chi connectivity index (χ4v) is 6.00. The van der Waals surface area contributed by atoms with Crippen molar-refractivity contribution in [3.63, 3.8) is 0 Å². The summed E-state index contributed by atoms with van der Waals surface area (Å²) < 4.78 is 0. The maximum absolute atomic E-state index is 5.77. The molecule has 0 saturated carbocycles. The van der Waals surface area contributed by atoms with Gasteiger partial charge in [0.25, 0.3) is 0 Å². The molecule has 1 fully saturated rings. The second kappa shape index (κ2) is 10.5. The highest BCUT2D eigenvalue weighted by Gasteiger charge is 2.23. The first-order valence-electron chi connectivity index (χ1n) is 12.3. The lowest BCUT2D eigenvalue weighted by Crippen LogP contribution is -2.32. The van der Waals surface area contributed by atoms with E-state index in [4.69, 9.17) is 10.7 Å². The van der Waals surface area contributed by atoms with Crippen LogP contribution in [0.1, 0.15) is 29.3 Å². The van der Waals surface area contributed by atoms with E-state index in [0.29, 0.717) is 11.0 Å². The first-order valence-corrected chi connectivity index (χ1v) is 14.4. The van der Waals surface area contributed by atoms with E-state index in [2.05, 4.69) is 79.7 Å².